The molecule has 1 spiro atoms. The molecule has 2 N–H and O–H groups in total. The molecule has 6 atom stereocenters. The van der Waals surface area contributed by atoms with Gasteiger partial charge in [-0.1, -0.05) is 36.4 Å². The maximum atomic E-state index is 14.1. The fourth-order valence-electron chi connectivity index (χ4n) is 6.24. The average molecular weight is 677 g/mol. The molecule has 5 aromatic rings. The van der Waals surface area contributed by atoms with Gasteiger partial charge in [0, 0.05) is 23.6 Å². The van der Waals surface area contributed by atoms with Gasteiger partial charge in [0.05, 0.1) is 30.4 Å². The molecular formula is C34H37N4O9P. The fraction of sp³-hybridized carbons (Fsp3) is 0.382. The molecule has 252 valence electrons. The first-order valence-corrected chi connectivity index (χ1v) is 17.4. The predicted molar refractivity (Wildman–Crippen MR) is 175 cm³/mol. The molecule has 13 nitrogen and oxygen atoms in total. The summed E-state index contributed by atoms with van der Waals surface area (Å²) in [6.07, 6.45) is 0.491. The Balaban J connectivity index is 1.19. The molecule has 0 amide bonds. The van der Waals surface area contributed by atoms with Crippen LogP contribution in [0.15, 0.2) is 77.6 Å². The first-order chi connectivity index (χ1) is 23.1. The number of hydrogen-bond acceptors (Lipinski definition) is 11. The summed E-state index contributed by atoms with van der Waals surface area (Å²) in [6.45, 7) is 6.90. The van der Waals surface area contributed by atoms with Crippen molar-refractivity contribution < 1.29 is 42.1 Å². The lowest BCUT2D eigenvalue weighted by molar-refractivity contribution is -0.225. The summed E-state index contributed by atoms with van der Waals surface area (Å²) in [7, 11) is -4.22. The van der Waals surface area contributed by atoms with Gasteiger partial charge in [-0.2, -0.15) is 5.09 Å². The van der Waals surface area contributed by atoms with Crippen LogP contribution in [0.2, 0.25) is 0 Å². The molecule has 0 radical (unpaired) electrons. The standard InChI is InChI=1S/C34H37N4O9P/c1-20(2)44-32(40)22(4)37-48(41,47-24-11-6-5-7-12-24)43-18-28-30(39)34(14-15-42-34)33(46-28)38-17-25(29-21(3)35-19-36-31(29)38)27-16-23-10-8-9-13-26(23)45-27/h5-13,16-17,19-20,22,28,30,33,39H,14-15,18H2,1-4H3,(H,37,41)/t22-,28+,30+,33+,34+,48?/m0/s1. The summed E-state index contributed by atoms with van der Waals surface area (Å²) in [5.41, 5.74) is 1.69. The molecule has 2 saturated heterocycles. The van der Waals surface area contributed by atoms with E-state index >= 15 is 0 Å². The van der Waals surface area contributed by atoms with Crippen molar-refractivity contribution >= 4 is 35.7 Å². The minimum absolute atomic E-state index is 0.259. The Labute approximate surface area is 276 Å². The number of fused-ring (bicyclic) bond motifs is 2. The van der Waals surface area contributed by atoms with Crippen LogP contribution >= 0.6 is 7.75 Å². The van der Waals surface area contributed by atoms with Crippen molar-refractivity contribution in [2.24, 2.45) is 0 Å². The summed E-state index contributed by atoms with van der Waals surface area (Å²) < 4.78 is 51.7. The lowest BCUT2D eigenvalue weighted by atomic mass is 9.86. The Morgan fingerprint density at radius 1 is 1.15 bits per heavy atom. The molecule has 2 aliphatic rings. The number of aryl methyl sites for hydroxylation is 1. The zero-order valence-corrected chi connectivity index (χ0v) is 27.8. The second-order valence-electron chi connectivity index (χ2n) is 12.3. The molecule has 14 heteroatoms. The van der Waals surface area contributed by atoms with Crippen LogP contribution in [0, 0.1) is 6.92 Å². The highest BCUT2D eigenvalue weighted by Gasteiger charge is 2.62. The number of para-hydroxylation sites is 2. The minimum atomic E-state index is -4.22. The molecule has 5 heterocycles. The lowest BCUT2D eigenvalue weighted by Gasteiger charge is -2.44. The third-order valence-corrected chi connectivity index (χ3v) is 10.3. The van der Waals surface area contributed by atoms with Crippen molar-refractivity contribution in [1.82, 2.24) is 19.6 Å². The van der Waals surface area contributed by atoms with E-state index in [2.05, 4.69) is 15.1 Å². The highest BCUT2D eigenvalue weighted by molar-refractivity contribution is 7.52. The Kier molecular flexibility index (Phi) is 8.61. The maximum absolute atomic E-state index is 14.1. The number of aliphatic hydroxyl groups excluding tert-OH is 1. The third kappa shape index (κ3) is 5.91. The smallest absolute Gasteiger partial charge is 0.459 e. The van der Waals surface area contributed by atoms with Crippen molar-refractivity contribution in [3.8, 4) is 17.1 Å². The van der Waals surface area contributed by atoms with E-state index in [0.29, 0.717) is 24.4 Å². The Hall–Kier alpha value is -4.10. The van der Waals surface area contributed by atoms with Crippen molar-refractivity contribution in [2.75, 3.05) is 13.2 Å². The molecule has 48 heavy (non-hydrogen) atoms. The van der Waals surface area contributed by atoms with E-state index in [1.165, 1.54) is 13.3 Å². The van der Waals surface area contributed by atoms with Gasteiger partial charge in [0.1, 0.15) is 52.9 Å². The minimum Gasteiger partial charge on any atom is -0.462 e. The van der Waals surface area contributed by atoms with Crippen molar-refractivity contribution in [2.45, 2.75) is 70.3 Å². The number of carbonyl (C=O) groups excluding carboxylic acids is 1. The van der Waals surface area contributed by atoms with Crippen LogP contribution in [0.25, 0.3) is 33.3 Å². The van der Waals surface area contributed by atoms with Crippen LogP contribution in [-0.4, -0.2) is 68.8 Å². The first kappa shape index (κ1) is 32.4. The molecule has 0 saturated carbocycles. The zero-order valence-electron chi connectivity index (χ0n) is 26.9. The average Bonchev–Trinajstić information content (AvgIpc) is 3.72. The molecule has 2 fully saturated rings. The molecule has 7 rings (SSSR count). The summed E-state index contributed by atoms with van der Waals surface area (Å²) in [6, 6.07) is 17.1. The number of esters is 1. The highest BCUT2D eigenvalue weighted by Crippen LogP contribution is 2.52. The van der Waals surface area contributed by atoms with Gasteiger partial charge in [-0.3, -0.25) is 9.32 Å². The molecule has 0 bridgehead atoms. The Morgan fingerprint density at radius 3 is 2.60 bits per heavy atom. The Bertz CT molecular complexity index is 1960. The number of hydrogen-bond donors (Lipinski definition) is 2. The maximum Gasteiger partial charge on any atom is 0.459 e. The van der Waals surface area contributed by atoms with Crippen LogP contribution in [0.5, 0.6) is 5.75 Å². The molecule has 2 aromatic carbocycles. The van der Waals surface area contributed by atoms with Crippen molar-refractivity contribution in [3.05, 3.63) is 78.9 Å². The molecular weight excluding hydrogens is 639 g/mol. The number of nitrogens with zero attached hydrogens (tertiary/aromatic N) is 3. The number of ether oxygens (including phenoxy) is 3. The van der Waals surface area contributed by atoms with E-state index in [1.807, 2.05) is 48.0 Å². The van der Waals surface area contributed by atoms with Crippen molar-refractivity contribution in [1.29, 1.82) is 0 Å². The van der Waals surface area contributed by atoms with E-state index in [9.17, 15) is 14.5 Å². The van der Waals surface area contributed by atoms with E-state index in [1.54, 1.807) is 44.2 Å². The lowest BCUT2D eigenvalue weighted by Crippen LogP contribution is -2.56. The van der Waals surface area contributed by atoms with Gasteiger partial charge in [0.15, 0.2) is 6.23 Å². The Morgan fingerprint density at radius 2 is 1.90 bits per heavy atom. The van der Waals surface area contributed by atoms with Crippen LogP contribution in [0.1, 0.15) is 39.1 Å². The summed E-state index contributed by atoms with van der Waals surface area (Å²) in [4.78, 5) is 21.6. The molecule has 3 aromatic heterocycles. The van der Waals surface area contributed by atoms with Crippen LogP contribution in [0.3, 0.4) is 0 Å². The number of carbonyl (C=O) groups is 1. The normalized spacial score (nSPS) is 24.2. The number of nitrogens with one attached hydrogen (secondary N) is 1. The van der Waals surface area contributed by atoms with Crippen LogP contribution < -0.4 is 9.61 Å². The molecule has 1 unspecified atom stereocenters. The number of aromatic nitrogens is 3. The van der Waals surface area contributed by atoms with Gasteiger partial charge in [-0.25, -0.2) is 14.5 Å². The first-order valence-electron chi connectivity index (χ1n) is 15.8. The van der Waals surface area contributed by atoms with E-state index < -0.39 is 43.8 Å². The summed E-state index contributed by atoms with van der Waals surface area (Å²) in [5.74, 6) is 0.269. The predicted octanol–water partition coefficient (Wildman–Crippen LogP) is 5.70. The number of aliphatic hydroxyl groups is 1. The van der Waals surface area contributed by atoms with Gasteiger partial charge >= 0.3 is 13.7 Å². The fourth-order valence-corrected chi connectivity index (χ4v) is 7.74. The van der Waals surface area contributed by atoms with E-state index in [-0.39, 0.29) is 18.5 Å². The van der Waals surface area contributed by atoms with E-state index in [4.69, 9.17) is 27.7 Å². The topological polar surface area (TPSA) is 156 Å². The number of furan rings is 1. The SMILES string of the molecule is Cc1ncnc2c1c(-c1cc3ccccc3o1)cn2[C@@H]1O[C@H](COP(=O)(N[C@@H](C)C(=O)OC(C)C)Oc2ccccc2)[C@@H](O)[C@]12CCO2. The largest absolute Gasteiger partial charge is 0.462 e. The quantitative estimate of drug-likeness (QED) is 0.130. The van der Waals surface area contributed by atoms with E-state index in [0.717, 1.165) is 27.6 Å². The second-order valence-corrected chi connectivity index (χ2v) is 14.0. The van der Waals surface area contributed by atoms with Gasteiger partial charge in [0.2, 0.25) is 0 Å². The number of rotatable bonds is 11. The van der Waals surface area contributed by atoms with Crippen molar-refractivity contribution in [3.63, 3.8) is 0 Å². The third-order valence-electron chi connectivity index (χ3n) is 8.62. The van der Waals surface area contributed by atoms with Gasteiger partial charge in [-0.15, -0.1) is 0 Å². The monoisotopic (exact) mass is 676 g/mol. The molecule has 2 aliphatic heterocycles. The van der Waals surface area contributed by atoms with Gasteiger partial charge in [-0.05, 0) is 52.0 Å². The van der Waals surface area contributed by atoms with Gasteiger partial charge in [0.25, 0.3) is 0 Å². The van der Waals surface area contributed by atoms with Crippen LogP contribution in [-0.2, 0) is 28.1 Å². The highest BCUT2D eigenvalue weighted by atomic mass is 31.2. The van der Waals surface area contributed by atoms with Crippen LogP contribution in [0.4, 0.5) is 0 Å². The second kappa shape index (κ2) is 12.7. The summed E-state index contributed by atoms with van der Waals surface area (Å²) in [5, 5.41) is 16.1. The summed E-state index contributed by atoms with van der Waals surface area (Å²) >= 11 is 0. The zero-order chi connectivity index (χ0) is 33.6. The number of benzene rings is 2. The van der Waals surface area contributed by atoms with Gasteiger partial charge < -0.3 is 32.8 Å². The molecule has 0 aliphatic carbocycles.